The third kappa shape index (κ3) is 3.40. The average Bonchev–Trinajstić information content (AvgIpc) is 2.60. The molecule has 0 fully saturated rings. The van der Waals surface area contributed by atoms with E-state index in [-0.39, 0.29) is 18.1 Å². The molecule has 24 heavy (non-hydrogen) atoms. The summed E-state index contributed by atoms with van der Waals surface area (Å²) < 4.78 is 1.30. The number of urea groups is 1. The van der Waals surface area contributed by atoms with Crippen LogP contribution in [0.5, 0.6) is 0 Å². The molecule has 126 valence electrons. The Morgan fingerprint density at radius 3 is 2.42 bits per heavy atom. The van der Waals surface area contributed by atoms with Crippen molar-refractivity contribution in [3.8, 4) is 0 Å². The topological polar surface area (TPSA) is 95.8 Å². The molecule has 2 N–H and O–H groups in total. The maximum atomic E-state index is 12.5. The van der Waals surface area contributed by atoms with E-state index in [2.05, 4.69) is 4.99 Å². The number of nitrogens with two attached hydrogens (primary N) is 1. The van der Waals surface area contributed by atoms with Gasteiger partial charge < -0.3 is 5.73 Å². The lowest BCUT2D eigenvalue weighted by Gasteiger charge is -2.22. The minimum Gasteiger partial charge on any atom is -0.316 e. The van der Waals surface area contributed by atoms with Crippen molar-refractivity contribution in [2.24, 2.45) is 10.7 Å². The first-order chi connectivity index (χ1) is 11.5. The van der Waals surface area contributed by atoms with Gasteiger partial charge in [0.25, 0.3) is 11.7 Å². The zero-order chi connectivity index (χ0) is 17.7. The van der Waals surface area contributed by atoms with Crippen molar-refractivity contribution in [1.82, 2.24) is 4.90 Å². The zero-order valence-electron chi connectivity index (χ0n) is 13.9. The van der Waals surface area contributed by atoms with Crippen LogP contribution >= 0.6 is 0 Å². The number of carbonyl (C=O) groups excluding carboxylic acids is 3. The first-order valence-electron chi connectivity index (χ1n) is 7.95. The number of hydrogen-bond acceptors (Lipinski definition) is 4. The van der Waals surface area contributed by atoms with Crippen LogP contribution in [0.3, 0.4) is 0 Å². The number of benzene rings is 1. The lowest BCUT2D eigenvalue weighted by molar-refractivity contribution is -0.436. The second kappa shape index (κ2) is 7.63. The Balaban J connectivity index is 2.49. The summed E-state index contributed by atoms with van der Waals surface area (Å²) >= 11 is 0. The Bertz CT molecular complexity index is 723. The Kier molecular flexibility index (Phi) is 5.57. The van der Waals surface area contributed by atoms with E-state index in [0.29, 0.717) is 24.9 Å². The molecule has 0 unspecified atom stereocenters. The molecule has 1 aliphatic rings. The maximum absolute atomic E-state index is 12.5. The van der Waals surface area contributed by atoms with E-state index in [1.807, 2.05) is 13.8 Å². The summed E-state index contributed by atoms with van der Waals surface area (Å²) in [6.07, 6.45) is 1.28. The smallest absolute Gasteiger partial charge is 0.316 e. The first kappa shape index (κ1) is 17.5. The molecule has 1 heterocycles. The van der Waals surface area contributed by atoms with E-state index in [0.717, 1.165) is 4.90 Å². The maximum Gasteiger partial charge on any atom is 0.446 e. The number of nitrogens with zero attached hydrogens (tertiary/aromatic N) is 3. The molecule has 0 aromatic heterocycles. The predicted octanol–water partition coefficient (Wildman–Crippen LogP) is 1.42. The number of amides is 4. The highest BCUT2D eigenvalue weighted by Gasteiger charge is 2.42. The molecule has 1 aromatic carbocycles. The Labute approximate surface area is 140 Å². The molecule has 2 rings (SSSR count). The highest BCUT2D eigenvalue weighted by atomic mass is 16.2. The molecule has 7 heteroatoms. The molecule has 0 saturated carbocycles. The first-order valence-corrected chi connectivity index (χ1v) is 7.95. The van der Waals surface area contributed by atoms with E-state index < -0.39 is 17.8 Å². The van der Waals surface area contributed by atoms with Gasteiger partial charge in [-0.05, 0) is 25.0 Å². The normalized spacial score (nSPS) is 16.9. The van der Waals surface area contributed by atoms with Crippen molar-refractivity contribution in [3.05, 3.63) is 35.9 Å². The number of rotatable bonds is 5. The number of amidine groups is 1. The molecule has 0 aliphatic carbocycles. The van der Waals surface area contributed by atoms with Crippen LogP contribution in [0.15, 0.2) is 35.3 Å². The van der Waals surface area contributed by atoms with E-state index in [1.54, 1.807) is 30.3 Å². The second-order valence-electron chi connectivity index (χ2n) is 5.41. The Hall–Kier alpha value is -2.83. The van der Waals surface area contributed by atoms with Crippen molar-refractivity contribution in [3.63, 3.8) is 0 Å². The van der Waals surface area contributed by atoms with Crippen LogP contribution in [0, 0.1) is 0 Å². The van der Waals surface area contributed by atoms with Gasteiger partial charge in [-0.25, -0.2) is 9.59 Å². The molecule has 1 aliphatic heterocycles. The molecule has 1 aromatic rings. The predicted molar refractivity (Wildman–Crippen MR) is 90.2 cm³/mol. The second-order valence-corrected chi connectivity index (χ2v) is 5.41. The zero-order valence-corrected chi connectivity index (χ0v) is 13.9. The SMILES string of the molecule is CCCN1C(=O)C(=NC(=O)c2ccccc2)C(N)=[N+](CCC)C1=O. The molecule has 0 saturated heterocycles. The molecule has 0 atom stereocenters. The summed E-state index contributed by atoms with van der Waals surface area (Å²) in [5.74, 6) is -1.26. The summed E-state index contributed by atoms with van der Waals surface area (Å²) in [6, 6.07) is 7.94. The van der Waals surface area contributed by atoms with Gasteiger partial charge in [-0.3, -0.25) is 4.79 Å². The van der Waals surface area contributed by atoms with Gasteiger partial charge in [-0.2, -0.15) is 14.5 Å². The fourth-order valence-electron chi connectivity index (χ4n) is 2.41. The van der Waals surface area contributed by atoms with E-state index in [1.165, 1.54) is 4.58 Å². The van der Waals surface area contributed by atoms with Gasteiger partial charge in [-0.1, -0.05) is 32.0 Å². The highest BCUT2D eigenvalue weighted by molar-refractivity contribution is 6.68. The van der Waals surface area contributed by atoms with Gasteiger partial charge in [-0.15, -0.1) is 0 Å². The summed E-state index contributed by atoms with van der Waals surface area (Å²) in [7, 11) is 0. The number of hydrogen-bond donors (Lipinski definition) is 1. The fourth-order valence-corrected chi connectivity index (χ4v) is 2.41. The van der Waals surface area contributed by atoms with Crippen LogP contribution in [-0.2, 0) is 4.79 Å². The van der Waals surface area contributed by atoms with E-state index >= 15 is 0 Å². The third-order valence-corrected chi connectivity index (χ3v) is 3.57. The quantitative estimate of drug-likeness (QED) is 0.826. The van der Waals surface area contributed by atoms with Crippen molar-refractivity contribution in [1.29, 1.82) is 0 Å². The standard InChI is InChI=1S/C17H20N4O3/c1-3-10-20-14(18)13(16(23)21(11-4-2)17(20)24)19-15(22)12-8-6-5-7-9-12/h5-9,18H,3-4,10-11H2,1-2H3/p+1. The molecular formula is C17H21N4O3+. The number of imide groups is 1. The van der Waals surface area contributed by atoms with Crippen LogP contribution in [0.25, 0.3) is 0 Å². The van der Waals surface area contributed by atoms with Crippen molar-refractivity contribution in [2.45, 2.75) is 26.7 Å². The molecule has 0 spiro atoms. The number of carbonyl (C=O) groups is 3. The van der Waals surface area contributed by atoms with Crippen molar-refractivity contribution in [2.75, 3.05) is 13.1 Å². The van der Waals surface area contributed by atoms with Crippen LogP contribution in [0.1, 0.15) is 37.0 Å². The summed E-state index contributed by atoms with van der Waals surface area (Å²) in [6.45, 7) is 4.37. The van der Waals surface area contributed by atoms with Crippen LogP contribution in [0.2, 0.25) is 0 Å². The third-order valence-electron chi connectivity index (χ3n) is 3.57. The minimum absolute atomic E-state index is 0.0662. The van der Waals surface area contributed by atoms with Gasteiger partial charge in [0, 0.05) is 5.56 Å². The van der Waals surface area contributed by atoms with E-state index in [9.17, 15) is 14.4 Å². The molecule has 0 radical (unpaired) electrons. The van der Waals surface area contributed by atoms with Crippen LogP contribution < -0.4 is 5.73 Å². The van der Waals surface area contributed by atoms with Gasteiger partial charge in [0.1, 0.15) is 0 Å². The Morgan fingerprint density at radius 2 is 1.83 bits per heavy atom. The molecule has 4 amide bonds. The molecule has 7 nitrogen and oxygen atoms in total. The average molecular weight is 329 g/mol. The van der Waals surface area contributed by atoms with Crippen molar-refractivity contribution < 1.29 is 19.0 Å². The monoisotopic (exact) mass is 329 g/mol. The van der Waals surface area contributed by atoms with Gasteiger partial charge in [0.05, 0.1) is 13.1 Å². The summed E-state index contributed by atoms with van der Waals surface area (Å²) in [5.41, 5.74) is 6.14. The van der Waals surface area contributed by atoms with E-state index in [4.69, 9.17) is 5.73 Å². The van der Waals surface area contributed by atoms with Gasteiger partial charge in [0.15, 0.2) is 0 Å². The number of aliphatic imine (C=N–C) groups is 1. The van der Waals surface area contributed by atoms with Gasteiger partial charge in [0.2, 0.25) is 5.71 Å². The summed E-state index contributed by atoms with van der Waals surface area (Å²) in [4.78, 5) is 42.2. The van der Waals surface area contributed by atoms with Crippen LogP contribution in [-0.4, -0.2) is 52.0 Å². The largest absolute Gasteiger partial charge is 0.446 e. The molecule has 0 bridgehead atoms. The minimum atomic E-state index is -0.629. The van der Waals surface area contributed by atoms with Gasteiger partial charge >= 0.3 is 11.9 Å². The lowest BCUT2D eigenvalue weighted by Crippen LogP contribution is -2.58. The van der Waals surface area contributed by atoms with Crippen molar-refractivity contribution >= 4 is 29.4 Å². The van der Waals surface area contributed by atoms with Crippen LogP contribution in [0.4, 0.5) is 4.79 Å². The Morgan fingerprint density at radius 1 is 1.17 bits per heavy atom. The lowest BCUT2D eigenvalue weighted by atomic mass is 10.2. The summed E-state index contributed by atoms with van der Waals surface area (Å²) in [5, 5.41) is 0. The fraction of sp³-hybridized carbons (Fsp3) is 0.353. The molecular weight excluding hydrogens is 308 g/mol. The highest BCUT2D eigenvalue weighted by Crippen LogP contribution is 2.09.